The van der Waals surface area contributed by atoms with Crippen molar-refractivity contribution < 1.29 is 14.1 Å². The molecule has 0 saturated carbocycles. The second-order valence-corrected chi connectivity index (χ2v) is 11.8. The number of amides is 2. The smallest absolute Gasteiger partial charge is 0.324 e. The third-order valence-electron chi connectivity index (χ3n) is 6.71. The number of hydrogen-bond donors (Lipinski definition) is 3. The molecule has 0 bridgehead atoms. The average Bonchev–Trinajstić information content (AvgIpc) is 3.63. The van der Waals surface area contributed by atoms with E-state index in [1.165, 1.54) is 24.2 Å². The first-order valence-corrected chi connectivity index (χ1v) is 13.9. The minimum absolute atomic E-state index is 0.187. The van der Waals surface area contributed by atoms with E-state index in [9.17, 15) is 4.79 Å². The second kappa shape index (κ2) is 10.3. The SMILES string of the molecule is CC(C)(C)c1cc(NC(=O)Nc2ccc(-c3cn4c(n3)sc3nc(OC[C@H]5CCCCN5)ccc34)cc2)no1. The highest BCUT2D eigenvalue weighted by Crippen LogP contribution is 2.30. The molecule has 3 N–H and O–H groups in total. The van der Waals surface area contributed by atoms with Gasteiger partial charge in [0.05, 0.1) is 11.2 Å². The first kappa shape index (κ1) is 25.3. The lowest BCUT2D eigenvalue weighted by Crippen LogP contribution is -2.38. The highest BCUT2D eigenvalue weighted by atomic mass is 32.1. The van der Waals surface area contributed by atoms with Crippen molar-refractivity contribution in [3.8, 4) is 17.1 Å². The lowest BCUT2D eigenvalue weighted by atomic mass is 9.93. The normalized spacial score (nSPS) is 16.0. The lowest BCUT2D eigenvalue weighted by molar-refractivity contribution is 0.233. The summed E-state index contributed by atoms with van der Waals surface area (Å²) in [5, 5.41) is 12.9. The van der Waals surface area contributed by atoms with Gasteiger partial charge in [0.15, 0.2) is 10.8 Å². The summed E-state index contributed by atoms with van der Waals surface area (Å²) < 4.78 is 13.3. The summed E-state index contributed by atoms with van der Waals surface area (Å²) in [5.41, 5.74) is 3.26. The summed E-state index contributed by atoms with van der Waals surface area (Å²) in [6.07, 6.45) is 5.63. The first-order valence-electron chi connectivity index (χ1n) is 13.1. The van der Waals surface area contributed by atoms with E-state index in [-0.39, 0.29) is 5.41 Å². The van der Waals surface area contributed by atoms with Crippen LogP contribution < -0.4 is 20.7 Å². The first-order chi connectivity index (χ1) is 18.8. The third kappa shape index (κ3) is 5.59. The number of imidazole rings is 1. The number of carbonyl (C=O) groups is 1. The average molecular weight is 546 g/mol. The molecule has 5 aromatic rings. The number of piperidine rings is 1. The maximum Gasteiger partial charge on any atom is 0.324 e. The molecule has 39 heavy (non-hydrogen) atoms. The van der Waals surface area contributed by atoms with Crippen molar-refractivity contribution in [2.24, 2.45) is 0 Å². The van der Waals surface area contributed by atoms with Gasteiger partial charge in [-0.15, -0.1) is 0 Å². The summed E-state index contributed by atoms with van der Waals surface area (Å²) in [6, 6.07) is 13.2. The van der Waals surface area contributed by atoms with E-state index in [2.05, 4.69) is 25.5 Å². The molecule has 202 valence electrons. The zero-order valence-electron chi connectivity index (χ0n) is 22.2. The second-order valence-electron chi connectivity index (χ2n) is 10.8. The molecule has 4 aromatic heterocycles. The van der Waals surface area contributed by atoms with Crippen LogP contribution in [0.3, 0.4) is 0 Å². The number of anilines is 2. The number of hydrogen-bond acceptors (Lipinski definition) is 8. The summed E-state index contributed by atoms with van der Waals surface area (Å²) in [5.74, 6) is 1.71. The van der Waals surface area contributed by atoms with Crippen LogP contribution in [0.2, 0.25) is 0 Å². The molecule has 1 atom stereocenters. The number of pyridine rings is 1. The molecule has 6 rings (SSSR count). The number of rotatable bonds is 6. The van der Waals surface area contributed by atoms with E-state index in [1.807, 2.05) is 63.4 Å². The molecule has 1 aliphatic rings. The molecule has 5 heterocycles. The van der Waals surface area contributed by atoms with Crippen molar-refractivity contribution in [1.29, 1.82) is 0 Å². The van der Waals surface area contributed by atoms with Gasteiger partial charge in [-0.25, -0.2) is 14.8 Å². The Morgan fingerprint density at radius 2 is 2.00 bits per heavy atom. The number of nitrogens with zero attached hydrogens (tertiary/aromatic N) is 4. The minimum atomic E-state index is -0.392. The Balaban J connectivity index is 1.10. The molecule has 1 saturated heterocycles. The molecule has 0 spiro atoms. The Kier molecular flexibility index (Phi) is 6.69. The molecule has 0 aliphatic carbocycles. The van der Waals surface area contributed by atoms with E-state index in [0.29, 0.717) is 35.8 Å². The predicted molar refractivity (Wildman–Crippen MR) is 153 cm³/mol. The largest absolute Gasteiger partial charge is 0.476 e. The molecule has 1 fully saturated rings. The van der Waals surface area contributed by atoms with E-state index in [4.69, 9.17) is 19.2 Å². The number of carbonyl (C=O) groups excluding carboxylic acids is 1. The van der Waals surface area contributed by atoms with Gasteiger partial charge in [0, 0.05) is 41.0 Å². The Morgan fingerprint density at radius 1 is 1.15 bits per heavy atom. The van der Waals surface area contributed by atoms with Crippen molar-refractivity contribution >= 4 is 44.2 Å². The van der Waals surface area contributed by atoms with Gasteiger partial charge in [-0.3, -0.25) is 9.72 Å². The minimum Gasteiger partial charge on any atom is -0.476 e. The number of fused-ring (bicyclic) bond motifs is 3. The molecule has 1 aliphatic heterocycles. The van der Waals surface area contributed by atoms with Gasteiger partial charge < -0.3 is 19.9 Å². The molecule has 0 unspecified atom stereocenters. The molecular formula is C28H31N7O3S. The number of benzene rings is 1. The number of thiazole rings is 1. The maximum absolute atomic E-state index is 12.4. The van der Waals surface area contributed by atoms with Crippen LogP contribution >= 0.6 is 11.3 Å². The van der Waals surface area contributed by atoms with E-state index in [1.54, 1.807) is 6.07 Å². The fourth-order valence-corrected chi connectivity index (χ4v) is 5.50. The summed E-state index contributed by atoms with van der Waals surface area (Å²) >= 11 is 1.53. The number of urea groups is 1. The Hall–Kier alpha value is -3.96. The van der Waals surface area contributed by atoms with Crippen LogP contribution in [0.4, 0.5) is 16.3 Å². The van der Waals surface area contributed by atoms with Crippen molar-refractivity contribution in [1.82, 2.24) is 24.8 Å². The van der Waals surface area contributed by atoms with Crippen molar-refractivity contribution in [2.45, 2.75) is 51.5 Å². The zero-order chi connectivity index (χ0) is 27.0. The van der Waals surface area contributed by atoms with Gasteiger partial charge in [0.25, 0.3) is 0 Å². The Morgan fingerprint density at radius 3 is 2.74 bits per heavy atom. The van der Waals surface area contributed by atoms with Crippen LogP contribution in [0.25, 0.3) is 26.6 Å². The molecular weight excluding hydrogens is 514 g/mol. The van der Waals surface area contributed by atoms with E-state index in [0.717, 1.165) is 39.5 Å². The molecule has 0 radical (unpaired) electrons. The number of aromatic nitrogens is 4. The molecule has 11 heteroatoms. The van der Waals surface area contributed by atoms with Gasteiger partial charge >= 0.3 is 6.03 Å². The molecule has 10 nitrogen and oxygen atoms in total. The van der Waals surface area contributed by atoms with Crippen molar-refractivity contribution in [3.63, 3.8) is 0 Å². The Bertz CT molecular complexity index is 1610. The summed E-state index contributed by atoms with van der Waals surface area (Å²) in [6.45, 7) is 7.75. The van der Waals surface area contributed by atoms with Crippen LogP contribution in [-0.4, -0.2) is 44.7 Å². The summed E-state index contributed by atoms with van der Waals surface area (Å²) in [7, 11) is 0. The number of ether oxygens (including phenoxy) is 1. The monoisotopic (exact) mass is 545 g/mol. The van der Waals surface area contributed by atoms with Crippen LogP contribution in [0, 0.1) is 0 Å². The highest BCUT2D eigenvalue weighted by Gasteiger charge is 2.20. The molecule has 2 amide bonds. The fraction of sp³-hybridized carbons (Fsp3) is 0.357. The van der Waals surface area contributed by atoms with Crippen molar-refractivity contribution in [3.05, 3.63) is 54.4 Å². The lowest BCUT2D eigenvalue weighted by Gasteiger charge is -2.23. The van der Waals surface area contributed by atoms with Crippen LogP contribution in [-0.2, 0) is 5.41 Å². The topological polar surface area (TPSA) is 119 Å². The van der Waals surface area contributed by atoms with Crippen LogP contribution in [0.15, 0.2) is 53.2 Å². The standard InChI is InChI=1S/C28H31N7O3S/c1-28(2,3)22-14-23(34-38-22)32-26(36)30-18-9-7-17(8-10-18)20-15-35-21-11-12-24(33-25(21)39-27(35)31-20)37-16-19-6-4-5-13-29-19/h7-12,14-15,19,29H,4-6,13,16H2,1-3H3,(H2,30,32,34,36)/t19-/m1/s1. The van der Waals surface area contributed by atoms with Gasteiger partial charge in [0.2, 0.25) is 5.88 Å². The molecule has 1 aromatic carbocycles. The van der Waals surface area contributed by atoms with Crippen LogP contribution in [0.5, 0.6) is 5.88 Å². The zero-order valence-corrected chi connectivity index (χ0v) is 23.0. The highest BCUT2D eigenvalue weighted by molar-refractivity contribution is 7.23. The van der Waals surface area contributed by atoms with Gasteiger partial charge in [-0.05, 0) is 37.6 Å². The van der Waals surface area contributed by atoms with Gasteiger partial charge in [0.1, 0.15) is 17.2 Å². The van der Waals surface area contributed by atoms with Crippen LogP contribution in [0.1, 0.15) is 45.8 Å². The van der Waals surface area contributed by atoms with Crippen molar-refractivity contribution in [2.75, 3.05) is 23.8 Å². The summed E-state index contributed by atoms with van der Waals surface area (Å²) in [4.78, 5) is 23.7. The predicted octanol–water partition coefficient (Wildman–Crippen LogP) is 6.06. The quantitative estimate of drug-likeness (QED) is 0.237. The Labute approximate surface area is 229 Å². The van der Waals surface area contributed by atoms with E-state index >= 15 is 0 Å². The van der Waals surface area contributed by atoms with Gasteiger partial charge in [-0.2, -0.15) is 0 Å². The van der Waals surface area contributed by atoms with Gasteiger partial charge in [-0.1, -0.05) is 55.8 Å². The number of nitrogens with one attached hydrogen (secondary N) is 3. The fourth-order valence-electron chi connectivity index (χ4n) is 4.53. The van der Waals surface area contributed by atoms with E-state index < -0.39 is 6.03 Å². The maximum atomic E-state index is 12.4. The third-order valence-corrected chi connectivity index (χ3v) is 7.67.